The topological polar surface area (TPSA) is 55.7 Å². The van der Waals surface area contributed by atoms with Gasteiger partial charge >= 0.3 is 0 Å². The number of nitrogens with one attached hydrogen (secondary N) is 1. The predicted molar refractivity (Wildman–Crippen MR) is 116 cm³/mol. The zero-order chi connectivity index (χ0) is 20.9. The smallest absolute Gasteiger partial charge is 0.113 e. The van der Waals surface area contributed by atoms with Gasteiger partial charge in [-0.25, -0.2) is 0 Å². The van der Waals surface area contributed by atoms with Gasteiger partial charge in [0.25, 0.3) is 0 Å². The van der Waals surface area contributed by atoms with Crippen molar-refractivity contribution in [2.75, 3.05) is 33.2 Å². The molecule has 150 valence electrons. The van der Waals surface area contributed by atoms with Gasteiger partial charge in [-0.2, -0.15) is 0 Å². The number of likely N-dealkylation sites (tertiary alicyclic amines) is 1. The van der Waals surface area contributed by atoms with Gasteiger partial charge < -0.3 is 20.4 Å². The molecule has 0 amide bonds. The van der Waals surface area contributed by atoms with E-state index in [-0.39, 0.29) is 0 Å². The third-order valence-electron chi connectivity index (χ3n) is 3.32. The van der Waals surface area contributed by atoms with Gasteiger partial charge in [0.15, 0.2) is 0 Å². The van der Waals surface area contributed by atoms with E-state index >= 15 is 0 Å². The molecule has 25 heavy (non-hydrogen) atoms. The first-order chi connectivity index (χ1) is 11.8. The van der Waals surface area contributed by atoms with E-state index in [0.717, 1.165) is 26.2 Å². The average molecular weight is 356 g/mol. The Bertz CT molecular complexity index is 223. The first-order valence-electron chi connectivity index (χ1n) is 10.2. The van der Waals surface area contributed by atoms with Crippen LogP contribution in [0, 0.1) is 0 Å². The average Bonchev–Trinajstić information content (AvgIpc) is 2.65. The van der Waals surface area contributed by atoms with Gasteiger partial charge in [-0.3, -0.25) is 0 Å². The molecule has 0 aromatic rings. The lowest BCUT2D eigenvalue weighted by Crippen LogP contribution is -2.42. The summed E-state index contributed by atoms with van der Waals surface area (Å²) in [5.41, 5.74) is -1.77. The maximum absolute atomic E-state index is 9.24. The number of rotatable bonds is 0. The zero-order valence-corrected chi connectivity index (χ0v) is 18.7. The maximum atomic E-state index is 9.24. The Labute approximate surface area is 162 Å². The third kappa shape index (κ3) is 24.0. The molecule has 4 radical (unpaired) electrons. The van der Waals surface area contributed by atoms with Crippen molar-refractivity contribution in [1.82, 2.24) is 10.2 Å². The van der Waals surface area contributed by atoms with Crippen LogP contribution < -0.4 is 5.32 Å². The highest BCUT2D eigenvalue weighted by Gasteiger charge is 2.24. The maximum Gasteiger partial charge on any atom is 0.113 e. The van der Waals surface area contributed by atoms with Crippen molar-refractivity contribution < 1.29 is 10.2 Å². The van der Waals surface area contributed by atoms with Crippen LogP contribution in [0.4, 0.5) is 0 Å². The van der Waals surface area contributed by atoms with E-state index in [0.29, 0.717) is 25.7 Å². The van der Waals surface area contributed by atoms with E-state index in [2.05, 4.69) is 10.2 Å². The molecule has 0 bridgehead atoms. The Morgan fingerprint density at radius 1 is 0.680 bits per heavy atom. The largest absolute Gasteiger partial charge is 0.400 e. The Hall–Kier alpha value is -0.0301. The summed E-state index contributed by atoms with van der Waals surface area (Å²) < 4.78 is 0. The molecule has 2 saturated heterocycles. The van der Waals surface area contributed by atoms with Crippen LogP contribution >= 0.6 is 0 Å². The fraction of sp³-hybridized carbons (Fsp3) is 1.00. The summed E-state index contributed by atoms with van der Waals surface area (Å²) in [6, 6.07) is 0. The van der Waals surface area contributed by atoms with E-state index in [1.807, 2.05) is 62.4 Å². The number of aliphatic hydroxyl groups is 2. The molecule has 6 heteroatoms. The monoisotopic (exact) mass is 356 g/mol. The van der Waals surface area contributed by atoms with Crippen LogP contribution in [-0.4, -0.2) is 75.0 Å². The molecule has 0 saturated carbocycles. The number of piperidine rings is 2. The first kappa shape index (κ1) is 32.6. The van der Waals surface area contributed by atoms with Gasteiger partial charge in [0.1, 0.15) is 15.7 Å². The van der Waals surface area contributed by atoms with Crippen molar-refractivity contribution in [3.8, 4) is 0 Å². The predicted octanol–water partition coefficient (Wildman–Crippen LogP) is 2.90. The second-order valence-corrected chi connectivity index (χ2v) is 5.26. The van der Waals surface area contributed by atoms with Gasteiger partial charge in [-0.15, -0.1) is 0 Å². The lowest BCUT2D eigenvalue weighted by molar-refractivity contribution is 0.0564. The highest BCUT2D eigenvalue weighted by Crippen LogP contribution is 2.16. The van der Waals surface area contributed by atoms with Crippen molar-refractivity contribution in [3.63, 3.8) is 0 Å². The normalized spacial score (nSPS) is 20.0. The molecule has 2 fully saturated rings. The van der Waals surface area contributed by atoms with Gasteiger partial charge in [0, 0.05) is 11.0 Å². The summed E-state index contributed by atoms with van der Waals surface area (Å²) in [4.78, 5) is 2.17. The molecule has 0 atom stereocenters. The third-order valence-corrected chi connectivity index (χ3v) is 3.32. The number of nitrogens with zero attached hydrogens (tertiary/aromatic N) is 1. The minimum atomic E-state index is -0.884. The van der Waals surface area contributed by atoms with Gasteiger partial charge in [-0.1, -0.05) is 55.4 Å². The lowest BCUT2D eigenvalue weighted by atomic mass is 9.74. The second kappa shape index (κ2) is 22.0. The van der Waals surface area contributed by atoms with Crippen molar-refractivity contribution >= 4 is 15.7 Å². The van der Waals surface area contributed by atoms with Gasteiger partial charge in [0.2, 0.25) is 0 Å². The minimum Gasteiger partial charge on any atom is -0.400 e. The van der Waals surface area contributed by atoms with Crippen LogP contribution in [-0.2, 0) is 0 Å². The van der Waals surface area contributed by atoms with Gasteiger partial charge in [-0.05, 0) is 58.9 Å². The fourth-order valence-corrected chi connectivity index (χ4v) is 1.87. The molecule has 2 heterocycles. The summed E-state index contributed by atoms with van der Waals surface area (Å²) in [5, 5.41) is 21.5. The molecule has 2 aliphatic heterocycles. The van der Waals surface area contributed by atoms with E-state index < -0.39 is 11.0 Å². The molecule has 0 spiro atoms. The van der Waals surface area contributed by atoms with Crippen LogP contribution in [0.1, 0.15) is 81.1 Å². The zero-order valence-electron chi connectivity index (χ0n) is 18.7. The summed E-state index contributed by atoms with van der Waals surface area (Å²) in [6.07, 6.45) is 2.74. The number of hydrogen-bond acceptors (Lipinski definition) is 4. The molecule has 4 nitrogen and oxygen atoms in total. The van der Waals surface area contributed by atoms with E-state index in [4.69, 9.17) is 20.8 Å². The fourth-order valence-electron chi connectivity index (χ4n) is 1.87. The standard InChI is InChI=1S/C6H12BNO.C5H10BNO.4C2H6/c1-8-4-2-6(7,9)3-5-8;6-5(8)1-3-7-4-2-5;4*1-2/h9H,2-5H2,1H3;7-8H,1-4H2;4*1-2H3. The Kier molecular flexibility index (Phi) is 28.7. The van der Waals surface area contributed by atoms with Crippen molar-refractivity contribution in [3.05, 3.63) is 0 Å². The molecule has 0 unspecified atom stereocenters. The lowest BCUT2D eigenvalue weighted by Gasteiger charge is -2.33. The van der Waals surface area contributed by atoms with Crippen LogP contribution in [0.2, 0.25) is 0 Å². The Morgan fingerprint density at radius 2 is 0.960 bits per heavy atom. The molecule has 0 aromatic heterocycles. The van der Waals surface area contributed by atoms with E-state index in [9.17, 15) is 5.11 Å². The van der Waals surface area contributed by atoms with Crippen LogP contribution in [0.15, 0.2) is 0 Å². The van der Waals surface area contributed by atoms with Crippen LogP contribution in [0.3, 0.4) is 0 Å². The van der Waals surface area contributed by atoms with Crippen LogP contribution in [0.5, 0.6) is 0 Å². The summed E-state index contributed by atoms with van der Waals surface area (Å²) in [5.74, 6) is 0. The first-order valence-corrected chi connectivity index (χ1v) is 10.2. The molecule has 0 aliphatic carbocycles. The summed E-state index contributed by atoms with van der Waals surface area (Å²) in [6.45, 7) is 19.5. The molecule has 2 rings (SSSR count). The molecule has 0 aromatic carbocycles. The Morgan fingerprint density at radius 3 is 1.16 bits per heavy atom. The SMILES string of the molecule is CC.CC.CC.CC.[B]C1(O)CCN(C)CC1.[B]C1(O)CCNCC1. The molecule has 3 N–H and O–H groups in total. The Balaban J connectivity index is -0.000000127. The minimum absolute atomic E-state index is 0.674. The molecular weight excluding hydrogens is 310 g/mol. The van der Waals surface area contributed by atoms with Crippen molar-refractivity contribution in [2.45, 2.75) is 92.1 Å². The van der Waals surface area contributed by atoms with Crippen molar-refractivity contribution in [1.29, 1.82) is 0 Å². The highest BCUT2D eigenvalue weighted by atomic mass is 16.3. The molecule has 2 aliphatic rings. The van der Waals surface area contributed by atoms with Crippen LogP contribution in [0.25, 0.3) is 0 Å². The van der Waals surface area contributed by atoms with Crippen molar-refractivity contribution in [2.24, 2.45) is 0 Å². The number of hydrogen-bond donors (Lipinski definition) is 3. The highest BCUT2D eigenvalue weighted by molar-refractivity contribution is 6.14. The summed E-state index contributed by atoms with van der Waals surface area (Å²) >= 11 is 0. The quantitative estimate of drug-likeness (QED) is 0.585. The van der Waals surface area contributed by atoms with Gasteiger partial charge in [0.05, 0.1) is 0 Å². The second-order valence-electron chi connectivity index (χ2n) is 5.26. The molecular formula is C19H46B2N2O2. The summed E-state index contributed by atoms with van der Waals surface area (Å²) in [7, 11) is 12.9. The van der Waals surface area contributed by atoms with E-state index in [1.165, 1.54) is 0 Å². The van der Waals surface area contributed by atoms with E-state index in [1.54, 1.807) is 0 Å².